The molecule has 12 nitrogen and oxygen atoms in total. The van der Waals surface area contributed by atoms with Crippen molar-refractivity contribution in [1.82, 2.24) is 0 Å². The summed E-state index contributed by atoms with van der Waals surface area (Å²) in [5, 5.41) is 50.3. The molecule has 6 N–H and O–H groups in total. The van der Waals surface area contributed by atoms with Gasteiger partial charge < -0.3 is 39.9 Å². The smallest absolute Gasteiger partial charge is 0.457 e. The maximum absolute atomic E-state index is 12.9. The standard InChI is InChI=1S/C53H97O12P/c1-3-5-7-9-11-13-15-17-19-21-22-23-24-25-27-29-31-33-35-37-39-41-43-62-44-46(45-63-66(60,61)65-53-51(58)49(56)48(55)50(57)52(53)59)64-47(54)42-40-38-36-34-32-30-28-26-20-18-16-14-12-10-8-6-4-2/h5,7,11,13,17,19,22-23,46,48-53,55-59H,3-4,6,8-10,12,14-16,18,20-21,24-45H2,1-2H3,(H,60,61)/b7-5-,13-11-,19-17-,23-22-. The Morgan fingerprint density at radius 2 is 0.894 bits per heavy atom. The monoisotopic (exact) mass is 957 g/mol. The number of hydrogen-bond acceptors (Lipinski definition) is 11. The van der Waals surface area contributed by atoms with Gasteiger partial charge in [-0.05, 0) is 51.4 Å². The molecule has 13 heteroatoms. The normalized spacial score (nSPS) is 21.8. The Bertz CT molecular complexity index is 1270. The molecular formula is C53H97O12P. The van der Waals surface area contributed by atoms with Crippen LogP contribution >= 0.6 is 7.82 Å². The molecule has 386 valence electrons. The van der Waals surface area contributed by atoms with Crippen molar-refractivity contribution in [2.75, 3.05) is 19.8 Å². The lowest BCUT2D eigenvalue weighted by atomic mass is 9.85. The van der Waals surface area contributed by atoms with Gasteiger partial charge in [-0.3, -0.25) is 13.8 Å². The average Bonchev–Trinajstić information content (AvgIpc) is 3.30. The Morgan fingerprint density at radius 3 is 1.36 bits per heavy atom. The Morgan fingerprint density at radius 1 is 0.500 bits per heavy atom. The number of esters is 1. The number of hydrogen-bond donors (Lipinski definition) is 6. The number of allylic oxidation sites excluding steroid dienone is 8. The molecule has 0 bridgehead atoms. The van der Waals surface area contributed by atoms with Crippen LogP contribution in [-0.4, -0.2) is 98.9 Å². The summed E-state index contributed by atoms with van der Waals surface area (Å²) in [6, 6.07) is 0. The molecule has 66 heavy (non-hydrogen) atoms. The summed E-state index contributed by atoms with van der Waals surface area (Å²) in [6.45, 7) is 4.16. The largest absolute Gasteiger partial charge is 0.472 e. The van der Waals surface area contributed by atoms with Gasteiger partial charge in [0.2, 0.25) is 0 Å². The van der Waals surface area contributed by atoms with Gasteiger partial charge in [0.25, 0.3) is 0 Å². The van der Waals surface area contributed by atoms with Crippen molar-refractivity contribution in [2.45, 2.75) is 262 Å². The van der Waals surface area contributed by atoms with Crippen molar-refractivity contribution < 1.29 is 58.3 Å². The summed E-state index contributed by atoms with van der Waals surface area (Å²) >= 11 is 0. The number of ether oxygens (including phenoxy) is 2. The molecule has 1 aliphatic carbocycles. The highest BCUT2D eigenvalue weighted by molar-refractivity contribution is 7.47. The lowest BCUT2D eigenvalue weighted by Crippen LogP contribution is -2.64. The molecule has 0 spiro atoms. The Kier molecular flexibility index (Phi) is 40.9. The predicted molar refractivity (Wildman–Crippen MR) is 267 cm³/mol. The first-order valence-electron chi connectivity index (χ1n) is 26.5. The molecule has 0 aromatic rings. The van der Waals surface area contributed by atoms with Gasteiger partial charge in [-0.15, -0.1) is 0 Å². The third-order valence-electron chi connectivity index (χ3n) is 12.2. The third kappa shape index (κ3) is 34.6. The number of carbonyl (C=O) groups is 1. The van der Waals surface area contributed by atoms with E-state index in [0.717, 1.165) is 77.0 Å². The number of rotatable bonds is 45. The highest BCUT2D eigenvalue weighted by Crippen LogP contribution is 2.47. The third-order valence-corrected chi connectivity index (χ3v) is 13.2. The quantitative estimate of drug-likeness (QED) is 0.0147. The van der Waals surface area contributed by atoms with E-state index in [9.17, 15) is 39.8 Å². The minimum absolute atomic E-state index is 0.0794. The van der Waals surface area contributed by atoms with Gasteiger partial charge in [-0.1, -0.05) is 210 Å². The van der Waals surface area contributed by atoms with Crippen LogP contribution in [-0.2, 0) is 27.9 Å². The molecular weight excluding hydrogens is 860 g/mol. The molecule has 6 unspecified atom stereocenters. The first-order valence-corrected chi connectivity index (χ1v) is 28.0. The van der Waals surface area contributed by atoms with E-state index in [1.165, 1.54) is 116 Å². The molecule has 0 aromatic carbocycles. The van der Waals surface area contributed by atoms with E-state index in [0.29, 0.717) is 13.0 Å². The van der Waals surface area contributed by atoms with E-state index in [2.05, 4.69) is 62.5 Å². The van der Waals surface area contributed by atoms with Crippen molar-refractivity contribution in [2.24, 2.45) is 0 Å². The molecule has 0 saturated heterocycles. The summed E-state index contributed by atoms with van der Waals surface area (Å²) in [7, 11) is -5.02. The summed E-state index contributed by atoms with van der Waals surface area (Å²) in [6.07, 6.45) is 41.7. The zero-order valence-corrected chi connectivity index (χ0v) is 42.4. The molecule has 0 heterocycles. The fourth-order valence-corrected chi connectivity index (χ4v) is 9.03. The minimum atomic E-state index is -5.02. The van der Waals surface area contributed by atoms with Crippen molar-refractivity contribution >= 4 is 13.8 Å². The van der Waals surface area contributed by atoms with E-state index < -0.39 is 63.1 Å². The molecule has 0 aromatic heterocycles. The second-order valence-electron chi connectivity index (χ2n) is 18.4. The van der Waals surface area contributed by atoms with Crippen molar-refractivity contribution in [3.63, 3.8) is 0 Å². The SMILES string of the molecule is CC/C=C\C/C=C\C/C=C\C/C=C\CCCCCCCCCCCOCC(COP(=O)(O)OC1C(O)C(O)C(O)C(O)C1O)OC(=O)CCCCCCCCCCCCCCCCCCC. The number of phosphoric ester groups is 1. The van der Waals surface area contributed by atoms with E-state index in [-0.39, 0.29) is 13.0 Å². The van der Waals surface area contributed by atoms with Crippen molar-refractivity contribution in [3.05, 3.63) is 48.6 Å². The zero-order chi connectivity index (χ0) is 48.4. The topological polar surface area (TPSA) is 192 Å². The molecule has 1 aliphatic rings. The van der Waals surface area contributed by atoms with Crippen LogP contribution < -0.4 is 0 Å². The first-order chi connectivity index (χ1) is 32.0. The van der Waals surface area contributed by atoms with Crippen molar-refractivity contribution in [1.29, 1.82) is 0 Å². The zero-order valence-electron chi connectivity index (χ0n) is 41.5. The molecule has 6 atom stereocenters. The van der Waals surface area contributed by atoms with E-state index in [1.807, 2.05) is 0 Å². The summed E-state index contributed by atoms with van der Waals surface area (Å²) in [4.78, 5) is 23.3. The van der Waals surface area contributed by atoms with Gasteiger partial charge >= 0.3 is 13.8 Å². The molecule has 0 radical (unpaired) electrons. The second-order valence-corrected chi connectivity index (χ2v) is 19.8. The molecule has 0 amide bonds. The number of aliphatic hydroxyl groups excluding tert-OH is 5. The van der Waals surface area contributed by atoms with Gasteiger partial charge in [-0.2, -0.15) is 0 Å². The molecule has 1 saturated carbocycles. The van der Waals surface area contributed by atoms with Crippen LogP contribution in [0.1, 0.15) is 219 Å². The highest BCUT2D eigenvalue weighted by Gasteiger charge is 2.51. The first kappa shape index (κ1) is 62.3. The number of unbranched alkanes of at least 4 members (excludes halogenated alkanes) is 25. The average molecular weight is 957 g/mol. The molecule has 1 fully saturated rings. The van der Waals surface area contributed by atoms with Crippen LogP contribution in [0.3, 0.4) is 0 Å². The molecule has 0 aliphatic heterocycles. The van der Waals surface area contributed by atoms with Crippen LogP contribution in [0, 0.1) is 0 Å². The number of phosphoric acid groups is 1. The van der Waals surface area contributed by atoms with E-state index in [4.69, 9.17) is 18.5 Å². The van der Waals surface area contributed by atoms with Gasteiger partial charge in [0.05, 0.1) is 13.2 Å². The van der Waals surface area contributed by atoms with Crippen LogP contribution in [0.15, 0.2) is 48.6 Å². The fourth-order valence-electron chi connectivity index (χ4n) is 8.05. The summed E-state index contributed by atoms with van der Waals surface area (Å²) in [5.41, 5.74) is 0. The minimum Gasteiger partial charge on any atom is -0.457 e. The van der Waals surface area contributed by atoms with Gasteiger partial charge in [0.15, 0.2) is 0 Å². The summed E-state index contributed by atoms with van der Waals surface area (Å²) in [5.74, 6) is -0.477. The maximum Gasteiger partial charge on any atom is 0.472 e. The van der Waals surface area contributed by atoms with Gasteiger partial charge in [0.1, 0.15) is 42.7 Å². The Labute approximate surface area is 401 Å². The van der Waals surface area contributed by atoms with Crippen LogP contribution in [0.25, 0.3) is 0 Å². The lowest BCUT2D eigenvalue weighted by molar-refractivity contribution is -0.220. The van der Waals surface area contributed by atoms with E-state index in [1.54, 1.807) is 0 Å². The maximum atomic E-state index is 12.9. The van der Waals surface area contributed by atoms with E-state index >= 15 is 0 Å². The summed E-state index contributed by atoms with van der Waals surface area (Å²) < 4.78 is 34.3. The molecule has 1 rings (SSSR count). The fraction of sp³-hybridized carbons (Fsp3) is 0.830. The highest BCUT2D eigenvalue weighted by atomic mass is 31.2. The number of aliphatic hydroxyl groups is 5. The van der Waals surface area contributed by atoms with Crippen LogP contribution in [0.2, 0.25) is 0 Å². The van der Waals surface area contributed by atoms with Crippen LogP contribution in [0.5, 0.6) is 0 Å². The lowest BCUT2D eigenvalue weighted by Gasteiger charge is -2.41. The van der Waals surface area contributed by atoms with Gasteiger partial charge in [0, 0.05) is 13.0 Å². The van der Waals surface area contributed by atoms with Gasteiger partial charge in [-0.25, -0.2) is 4.57 Å². The Balaban J connectivity index is 2.32. The number of carbonyl (C=O) groups excluding carboxylic acids is 1. The second kappa shape index (κ2) is 43.3. The Hall–Kier alpha value is -1.70. The predicted octanol–water partition coefficient (Wildman–Crippen LogP) is 12.0. The van der Waals surface area contributed by atoms with Crippen molar-refractivity contribution in [3.8, 4) is 0 Å². The van der Waals surface area contributed by atoms with Crippen LogP contribution in [0.4, 0.5) is 0 Å².